The zero-order valence-corrected chi connectivity index (χ0v) is 12.8. The van der Waals surface area contributed by atoms with Crippen molar-refractivity contribution in [2.45, 2.75) is 33.2 Å². The van der Waals surface area contributed by atoms with Crippen LogP contribution in [-0.4, -0.2) is 10.3 Å². The molecule has 22 heavy (non-hydrogen) atoms. The first-order valence-corrected chi connectivity index (χ1v) is 6.92. The molecule has 0 aliphatic carbocycles. The smallest absolute Gasteiger partial charge is 0.139 e. The highest BCUT2D eigenvalue weighted by atomic mass is 19.1. The molecular weight excluding hydrogens is 287 g/mol. The standard InChI is InChI=1S/C16H17FN2O3/c1-8-14(9(2)21-18-8)16(4)15(10(3)22-19-16)12-7-11(17)5-6-13(12)20/h5-7,19-20H,1-4H3. The van der Waals surface area contributed by atoms with Crippen molar-refractivity contribution < 1.29 is 18.9 Å². The number of aryl methyl sites for hydroxylation is 2. The molecule has 0 saturated heterocycles. The van der Waals surface area contributed by atoms with Crippen LogP contribution in [0, 0.1) is 19.7 Å². The van der Waals surface area contributed by atoms with Gasteiger partial charge in [0.1, 0.15) is 28.6 Å². The zero-order valence-electron chi connectivity index (χ0n) is 12.8. The van der Waals surface area contributed by atoms with Crippen molar-refractivity contribution in [3.8, 4) is 5.75 Å². The number of benzene rings is 1. The summed E-state index contributed by atoms with van der Waals surface area (Å²) in [4.78, 5) is 5.49. The fraction of sp³-hybridized carbons (Fsp3) is 0.312. The van der Waals surface area contributed by atoms with Gasteiger partial charge in [-0.25, -0.2) is 4.39 Å². The highest BCUT2D eigenvalue weighted by Crippen LogP contribution is 2.46. The van der Waals surface area contributed by atoms with E-state index in [9.17, 15) is 9.50 Å². The Morgan fingerprint density at radius 2 is 2.00 bits per heavy atom. The number of allylic oxidation sites excluding steroid dienone is 1. The van der Waals surface area contributed by atoms with E-state index in [4.69, 9.17) is 9.36 Å². The van der Waals surface area contributed by atoms with Crippen LogP contribution < -0.4 is 5.48 Å². The molecule has 2 aromatic rings. The summed E-state index contributed by atoms with van der Waals surface area (Å²) < 4.78 is 18.9. The molecule has 0 saturated carbocycles. The van der Waals surface area contributed by atoms with Crippen molar-refractivity contribution in [1.82, 2.24) is 10.6 Å². The normalized spacial score (nSPS) is 21.3. The van der Waals surface area contributed by atoms with Crippen LogP contribution in [0.2, 0.25) is 0 Å². The van der Waals surface area contributed by atoms with Crippen molar-refractivity contribution in [3.63, 3.8) is 0 Å². The number of aromatic hydroxyl groups is 1. The average molecular weight is 304 g/mol. The van der Waals surface area contributed by atoms with Crippen molar-refractivity contribution in [2.24, 2.45) is 0 Å². The van der Waals surface area contributed by atoms with E-state index in [1.807, 2.05) is 13.8 Å². The first kappa shape index (κ1) is 14.6. The van der Waals surface area contributed by atoms with E-state index < -0.39 is 11.4 Å². The third kappa shape index (κ3) is 1.99. The molecule has 2 heterocycles. The second-order valence-electron chi connectivity index (χ2n) is 5.62. The molecule has 0 amide bonds. The Labute approximate surface area is 127 Å². The maximum Gasteiger partial charge on any atom is 0.139 e. The van der Waals surface area contributed by atoms with Gasteiger partial charge in [-0.3, -0.25) is 0 Å². The van der Waals surface area contributed by atoms with Crippen molar-refractivity contribution in [1.29, 1.82) is 0 Å². The number of phenols is 1. The van der Waals surface area contributed by atoms with Crippen LogP contribution in [0.1, 0.15) is 36.4 Å². The van der Waals surface area contributed by atoms with Crippen molar-refractivity contribution in [2.75, 3.05) is 0 Å². The SMILES string of the molecule is CC1=C(c2cc(F)ccc2O)C(C)(c2c(C)noc2C)NO1. The van der Waals surface area contributed by atoms with Gasteiger partial charge in [-0.05, 0) is 45.9 Å². The molecule has 0 fully saturated rings. The topological polar surface area (TPSA) is 67.5 Å². The minimum Gasteiger partial charge on any atom is -0.507 e. The van der Waals surface area contributed by atoms with Crippen LogP contribution in [0.3, 0.4) is 0 Å². The zero-order chi connectivity index (χ0) is 16.1. The molecule has 1 aliphatic heterocycles. The molecule has 1 unspecified atom stereocenters. The molecule has 5 nitrogen and oxygen atoms in total. The Balaban J connectivity index is 2.24. The predicted octanol–water partition coefficient (Wildman–Crippen LogP) is 3.32. The first-order valence-electron chi connectivity index (χ1n) is 6.92. The quantitative estimate of drug-likeness (QED) is 0.891. The van der Waals surface area contributed by atoms with E-state index in [0.717, 1.165) is 5.56 Å². The van der Waals surface area contributed by atoms with Gasteiger partial charge in [0.25, 0.3) is 0 Å². The maximum atomic E-state index is 13.7. The summed E-state index contributed by atoms with van der Waals surface area (Å²) >= 11 is 0. The monoisotopic (exact) mass is 304 g/mol. The Kier molecular flexibility index (Phi) is 3.21. The third-order valence-corrected chi connectivity index (χ3v) is 4.02. The van der Waals surface area contributed by atoms with Crippen LogP contribution in [0.4, 0.5) is 4.39 Å². The maximum absolute atomic E-state index is 13.7. The Hall–Kier alpha value is -2.34. The fourth-order valence-corrected chi connectivity index (χ4v) is 3.17. The highest BCUT2D eigenvalue weighted by molar-refractivity contribution is 5.80. The molecular formula is C16H17FN2O3. The van der Waals surface area contributed by atoms with E-state index in [2.05, 4.69) is 10.6 Å². The molecule has 6 heteroatoms. The Bertz CT molecular complexity index is 762. The Morgan fingerprint density at radius 3 is 2.64 bits per heavy atom. The lowest BCUT2D eigenvalue weighted by atomic mass is 9.80. The van der Waals surface area contributed by atoms with Crippen molar-refractivity contribution >= 4 is 5.57 Å². The van der Waals surface area contributed by atoms with Gasteiger partial charge in [0, 0.05) is 16.7 Å². The highest BCUT2D eigenvalue weighted by Gasteiger charge is 2.44. The molecule has 3 rings (SSSR count). The number of hydroxylamine groups is 1. The molecule has 0 spiro atoms. The minimum atomic E-state index is -0.802. The van der Waals surface area contributed by atoms with Crippen molar-refractivity contribution in [3.05, 3.63) is 52.4 Å². The first-order chi connectivity index (χ1) is 10.3. The number of aromatic nitrogens is 1. The number of nitrogens with one attached hydrogen (secondary N) is 1. The predicted molar refractivity (Wildman–Crippen MR) is 78.2 cm³/mol. The van der Waals surface area contributed by atoms with E-state index >= 15 is 0 Å². The molecule has 0 radical (unpaired) electrons. The van der Waals surface area contributed by atoms with Gasteiger partial charge in [0.05, 0.1) is 5.69 Å². The number of hydrogen-bond donors (Lipinski definition) is 2. The largest absolute Gasteiger partial charge is 0.507 e. The van der Waals surface area contributed by atoms with Crippen LogP contribution >= 0.6 is 0 Å². The molecule has 0 bridgehead atoms. The average Bonchev–Trinajstić information content (AvgIpc) is 2.94. The molecule has 116 valence electrons. The molecule has 1 aromatic heterocycles. The van der Waals surface area contributed by atoms with Gasteiger partial charge in [-0.1, -0.05) is 5.16 Å². The van der Waals surface area contributed by atoms with Gasteiger partial charge < -0.3 is 14.5 Å². The van der Waals surface area contributed by atoms with E-state index in [1.54, 1.807) is 13.8 Å². The summed E-state index contributed by atoms with van der Waals surface area (Å²) in [5.74, 6) is 0.754. The lowest BCUT2D eigenvalue weighted by Gasteiger charge is -2.26. The van der Waals surface area contributed by atoms with Gasteiger partial charge in [-0.15, -0.1) is 5.48 Å². The van der Waals surface area contributed by atoms with Crippen LogP contribution in [-0.2, 0) is 10.4 Å². The van der Waals surface area contributed by atoms with E-state index in [-0.39, 0.29) is 5.75 Å². The number of hydrogen-bond acceptors (Lipinski definition) is 5. The molecule has 1 aliphatic rings. The van der Waals surface area contributed by atoms with Crippen LogP contribution in [0.25, 0.3) is 5.57 Å². The summed E-state index contributed by atoms with van der Waals surface area (Å²) in [5.41, 5.74) is 4.70. The van der Waals surface area contributed by atoms with Gasteiger partial charge in [0.2, 0.25) is 0 Å². The lowest BCUT2D eigenvalue weighted by molar-refractivity contribution is 0.0852. The molecule has 1 aromatic carbocycles. The van der Waals surface area contributed by atoms with E-state index in [0.29, 0.717) is 28.3 Å². The van der Waals surface area contributed by atoms with Gasteiger partial charge >= 0.3 is 0 Å². The lowest BCUT2D eigenvalue weighted by Crippen LogP contribution is -2.36. The number of phenolic OH excluding ortho intramolecular Hbond substituents is 1. The third-order valence-electron chi connectivity index (χ3n) is 4.02. The number of nitrogens with zero attached hydrogens (tertiary/aromatic N) is 1. The van der Waals surface area contributed by atoms with Gasteiger partial charge in [-0.2, -0.15) is 0 Å². The van der Waals surface area contributed by atoms with E-state index in [1.165, 1.54) is 18.2 Å². The summed E-state index contributed by atoms with van der Waals surface area (Å²) in [7, 11) is 0. The van der Waals surface area contributed by atoms with Gasteiger partial charge in [0.15, 0.2) is 0 Å². The van der Waals surface area contributed by atoms with Crippen LogP contribution in [0.5, 0.6) is 5.75 Å². The summed E-state index contributed by atoms with van der Waals surface area (Å²) in [6, 6.07) is 3.84. The Morgan fingerprint density at radius 1 is 1.27 bits per heavy atom. The minimum absolute atomic E-state index is 0.0129. The summed E-state index contributed by atoms with van der Waals surface area (Å²) in [6.07, 6.45) is 0. The fourth-order valence-electron chi connectivity index (χ4n) is 3.17. The molecule has 2 N–H and O–H groups in total. The second kappa shape index (κ2) is 4.84. The van der Waals surface area contributed by atoms with Crippen LogP contribution in [0.15, 0.2) is 28.5 Å². The number of rotatable bonds is 2. The summed E-state index contributed by atoms with van der Waals surface area (Å²) in [5, 5.41) is 14.1. The second-order valence-corrected chi connectivity index (χ2v) is 5.62. The molecule has 1 atom stereocenters. The number of halogens is 1. The summed E-state index contributed by atoms with van der Waals surface area (Å²) in [6.45, 7) is 7.28.